The molecule has 3 aromatic rings. The van der Waals surface area contributed by atoms with Crippen LogP contribution in [0.5, 0.6) is 0 Å². The van der Waals surface area contributed by atoms with Gasteiger partial charge in [0, 0.05) is 4.48 Å². The van der Waals surface area contributed by atoms with Gasteiger partial charge in [-0.15, -0.1) is 0 Å². The molecular formula is C17H16BrN2+. The highest BCUT2D eigenvalue weighted by Crippen LogP contribution is 2.14. The number of fused-ring (bicyclic) bond motifs is 1. The van der Waals surface area contributed by atoms with E-state index in [1.807, 2.05) is 6.07 Å². The number of rotatable bonds is 4. The number of nitrogens with one attached hydrogen (secondary N) is 1. The van der Waals surface area contributed by atoms with Gasteiger partial charge in [0.25, 0.3) is 5.82 Å². The highest BCUT2D eigenvalue weighted by atomic mass is 79.9. The van der Waals surface area contributed by atoms with Crippen molar-refractivity contribution in [2.24, 2.45) is 0 Å². The summed E-state index contributed by atoms with van der Waals surface area (Å²) < 4.78 is 3.25. The number of hydrogen-bond donors (Lipinski definition) is 1. The van der Waals surface area contributed by atoms with Crippen LogP contribution in [0.2, 0.25) is 0 Å². The standard InChI is InChI=1S/C17H15BrN2/c1-13(18)12-20-16-10-6-5-9-15(16)19-17(20)11-14-7-3-2-4-8-14/h2-10H,1,11-12H2/p+1. The van der Waals surface area contributed by atoms with Gasteiger partial charge in [-0.05, 0) is 17.7 Å². The Bertz CT molecular complexity index is 744. The molecule has 0 atom stereocenters. The van der Waals surface area contributed by atoms with Crippen molar-refractivity contribution < 1.29 is 4.57 Å². The first-order valence-corrected chi connectivity index (χ1v) is 7.40. The fraction of sp³-hybridized carbons (Fsp3) is 0.118. The Morgan fingerprint density at radius 3 is 2.50 bits per heavy atom. The fourth-order valence-electron chi connectivity index (χ4n) is 2.46. The normalized spacial score (nSPS) is 10.8. The van der Waals surface area contributed by atoms with Crippen molar-refractivity contribution in [1.29, 1.82) is 0 Å². The lowest BCUT2D eigenvalue weighted by Gasteiger charge is -2.01. The van der Waals surface area contributed by atoms with E-state index in [1.165, 1.54) is 16.9 Å². The van der Waals surface area contributed by atoms with E-state index in [-0.39, 0.29) is 0 Å². The summed E-state index contributed by atoms with van der Waals surface area (Å²) in [5, 5.41) is 0. The van der Waals surface area contributed by atoms with E-state index in [1.54, 1.807) is 0 Å². The third kappa shape index (κ3) is 2.68. The van der Waals surface area contributed by atoms with Crippen molar-refractivity contribution >= 4 is 27.0 Å². The second kappa shape index (κ2) is 5.63. The molecule has 0 aliphatic carbocycles. The lowest BCUT2D eigenvalue weighted by Crippen LogP contribution is -2.37. The number of aromatic nitrogens is 2. The van der Waals surface area contributed by atoms with E-state index in [2.05, 4.69) is 80.6 Å². The molecule has 2 nitrogen and oxygen atoms in total. The summed E-state index contributed by atoms with van der Waals surface area (Å²) in [5.41, 5.74) is 3.67. The molecule has 3 heteroatoms. The molecular weight excluding hydrogens is 312 g/mol. The van der Waals surface area contributed by atoms with Crippen LogP contribution in [0.3, 0.4) is 0 Å². The van der Waals surface area contributed by atoms with Crippen LogP contribution in [0, 0.1) is 0 Å². The summed E-state index contributed by atoms with van der Waals surface area (Å²) in [6.45, 7) is 4.74. The van der Waals surface area contributed by atoms with Crippen LogP contribution in [-0.2, 0) is 13.0 Å². The molecule has 0 spiro atoms. The Morgan fingerprint density at radius 2 is 1.75 bits per heavy atom. The van der Waals surface area contributed by atoms with Gasteiger partial charge in [-0.25, -0.2) is 9.55 Å². The van der Waals surface area contributed by atoms with Crippen LogP contribution in [0.15, 0.2) is 65.7 Å². The Balaban J connectivity index is 2.07. The Labute approximate surface area is 126 Å². The number of para-hydroxylation sites is 2. The number of nitrogens with zero attached hydrogens (tertiary/aromatic N) is 1. The molecule has 3 rings (SSSR count). The molecule has 0 bridgehead atoms. The molecule has 0 saturated carbocycles. The van der Waals surface area contributed by atoms with Gasteiger partial charge in [-0.2, -0.15) is 0 Å². The van der Waals surface area contributed by atoms with Crippen LogP contribution in [0.1, 0.15) is 11.4 Å². The largest absolute Gasteiger partial charge is 0.259 e. The fourth-order valence-corrected chi connectivity index (χ4v) is 2.71. The van der Waals surface area contributed by atoms with E-state index >= 15 is 0 Å². The quantitative estimate of drug-likeness (QED) is 0.700. The number of benzene rings is 2. The predicted molar refractivity (Wildman–Crippen MR) is 85.8 cm³/mol. The smallest absolute Gasteiger partial charge is 0.240 e. The summed E-state index contributed by atoms with van der Waals surface area (Å²) in [6, 6.07) is 18.9. The van der Waals surface area contributed by atoms with Crippen molar-refractivity contribution in [2.45, 2.75) is 13.0 Å². The maximum absolute atomic E-state index is 3.97. The molecule has 0 saturated heterocycles. The molecule has 0 radical (unpaired) electrons. The van der Waals surface area contributed by atoms with Gasteiger partial charge in [-0.1, -0.05) is 65.0 Å². The molecule has 0 aliphatic heterocycles. The third-order valence-corrected chi connectivity index (χ3v) is 3.59. The first kappa shape index (κ1) is 13.1. The summed E-state index contributed by atoms with van der Waals surface area (Å²) >= 11 is 3.47. The molecule has 1 N–H and O–H groups in total. The van der Waals surface area contributed by atoms with Crippen LogP contribution in [-0.4, -0.2) is 4.98 Å². The SMILES string of the molecule is C=C(Br)C[n+]1c(Cc2ccccc2)[nH]c2ccccc21. The molecule has 0 fully saturated rings. The number of halogens is 1. The Hall–Kier alpha value is -1.87. The van der Waals surface area contributed by atoms with Crippen molar-refractivity contribution in [3.8, 4) is 0 Å². The highest BCUT2D eigenvalue weighted by molar-refractivity contribution is 9.11. The second-order valence-electron chi connectivity index (χ2n) is 4.85. The lowest BCUT2D eigenvalue weighted by molar-refractivity contribution is -0.668. The summed E-state index contributed by atoms with van der Waals surface area (Å²) in [4.78, 5) is 3.52. The minimum atomic E-state index is 0.770. The van der Waals surface area contributed by atoms with Crippen LogP contribution in [0.4, 0.5) is 0 Å². The van der Waals surface area contributed by atoms with Gasteiger partial charge >= 0.3 is 0 Å². The molecule has 2 aromatic carbocycles. The average molecular weight is 328 g/mol. The molecule has 0 amide bonds. The Kier molecular flexibility index (Phi) is 3.70. The molecule has 0 aliphatic rings. The summed E-state index contributed by atoms with van der Waals surface area (Å²) in [6.07, 6.45) is 0.885. The molecule has 20 heavy (non-hydrogen) atoms. The molecule has 0 unspecified atom stereocenters. The number of H-pyrrole nitrogens is 1. The number of aromatic amines is 1. The minimum Gasteiger partial charge on any atom is -0.240 e. The maximum atomic E-state index is 3.97. The van der Waals surface area contributed by atoms with Gasteiger partial charge in [0.05, 0.1) is 6.42 Å². The Morgan fingerprint density at radius 1 is 1.05 bits per heavy atom. The van der Waals surface area contributed by atoms with Crippen molar-refractivity contribution in [3.63, 3.8) is 0 Å². The van der Waals surface area contributed by atoms with Crippen LogP contribution < -0.4 is 4.57 Å². The first-order chi connectivity index (χ1) is 9.74. The van der Waals surface area contributed by atoms with Gasteiger partial charge in [-0.3, -0.25) is 0 Å². The maximum Gasteiger partial charge on any atom is 0.259 e. The third-order valence-electron chi connectivity index (χ3n) is 3.34. The summed E-state index contributed by atoms with van der Waals surface area (Å²) in [5.74, 6) is 1.19. The zero-order valence-electron chi connectivity index (χ0n) is 11.1. The van der Waals surface area contributed by atoms with E-state index in [4.69, 9.17) is 0 Å². The van der Waals surface area contributed by atoms with Gasteiger partial charge in [0.1, 0.15) is 6.54 Å². The van der Waals surface area contributed by atoms with E-state index in [0.717, 1.165) is 23.0 Å². The minimum absolute atomic E-state index is 0.770. The summed E-state index contributed by atoms with van der Waals surface area (Å²) in [7, 11) is 0. The topological polar surface area (TPSA) is 19.7 Å². The monoisotopic (exact) mass is 327 g/mol. The zero-order chi connectivity index (χ0) is 13.9. The number of hydrogen-bond acceptors (Lipinski definition) is 0. The van der Waals surface area contributed by atoms with E-state index in [0.29, 0.717) is 0 Å². The van der Waals surface area contributed by atoms with Gasteiger partial charge in [0.15, 0.2) is 11.0 Å². The van der Waals surface area contributed by atoms with Gasteiger partial charge in [0.2, 0.25) is 0 Å². The molecule has 1 heterocycles. The zero-order valence-corrected chi connectivity index (χ0v) is 12.7. The van der Waals surface area contributed by atoms with Gasteiger partial charge < -0.3 is 0 Å². The molecule has 100 valence electrons. The van der Waals surface area contributed by atoms with E-state index in [9.17, 15) is 0 Å². The van der Waals surface area contributed by atoms with E-state index < -0.39 is 0 Å². The highest BCUT2D eigenvalue weighted by Gasteiger charge is 2.18. The second-order valence-corrected chi connectivity index (χ2v) is 5.98. The first-order valence-electron chi connectivity index (χ1n) is 6.60. The van der Waals surface area contributed by atoms with Crippen molar-refractivity contribution in [2.75, 3.05) is 0 Å². The molecule has 1 aromatic heterocycles. The van der Waals surface area contributed by atoms with Crippen molar-refractivity contribution in [3.05, 3.63) is 77.0 Å². The predicted octanol–water partition coefficient (Wildman–Crippen LogP) is 3.95. The van der Waals surface area contributed by atoms with Crippen molar-refractivity contribution in [1.82, 2.24) is 4.98 Å². The number of allylic oxidation sites excluding steroid dienone is 1. The lowest BCUT2D eigenvalue weighted by atomic mass is 10.1. The average Bonchev–Trinajstić information content (AvgIpc) is 2.78. The van der Waals surface area contributed by atoms with Crippen LogP contribution in [0.25, 0.3) is 11.0 Å². The number of imidazole rings is 1. The van der Waals surface area contributed by atoms with Crippen LogP contribution >= 0.6 is 15.9 Å².